The third-order valence-corrected chi connectivity index (χ3v) is 8.52. The number of halogens is 3. The van der Waals surface area contributed by atoms with Crippen molar-refractivity contribution in [2.45, 2.75) is 31.6 Å². The Bertz CT molecular complexity index is 1600. The molecule has 2 aromatic heterocycles. The summed E-state index contributed by atoms with van der Waals surface area (Å²) in [6.45, 7) is 2.50. The lowest BCUT2D eigenvalue weighted by Gasteiger charge is -2.32. The lowest BCUT2D eigenvalue weighted by Crippen LogP contribution is -2.51. The Hall–Kier alpha value is -3.94. The molecule has 1 aliphatic heterocycles. The van der Waals surface area contributed by atoms with Crippen molar-refractivity contribution in [1.29, 1.82) is 0 Å². The minimum absolute atomic E-state index is 0.00482. The van der Waals surface area contributed by atoms with Crippen LogP contribution in [-0.4, -0.2) is 63.4 Å². The molecular formula is C24H23F3N6O4S. The monoisotopic (exact) mass is 548 g/mol. The molecule has 200 valence electrons. The molecule has 1 N–H and O–H groups in total. The highest BCUT2D eigenvalue weighted by atomic mass is 32.2. The van der Waals surface area contributed by atoms with Crippen LogP contribution in [0.5, 0.6) is 0 Å². The average molecular weight is 549 g/mol. The van der Waals surface area contributed by atoms with Crippen molar-refractivity contribution in [3.63, 3.8) is 0 Å². The summed E-state index contributed by atoms with van der Waals surface area (Å²) in [5.41, 5.74) is 1.57. The molecule has 14 heteroatoms. The molecule has 1 aliphatic rings. The molecular weight excluding hydrogens is 525 g/mol. The summed E-state index contributed by atoms with van der Waals surface area (Å²) in [6, 6.07) is 8.67. The van der Waals surface area contributed by atoms with Gasteiger partial charge in [0.2, 0.25) is 5.89 Å². The molecule has 0 bridgehead atoms. The van der Waals surface area contributed by atoms with Crippen LogP contribution < -0.4 is 5.32 Å². The van der Waals surface area contributed by atoms with Crippen LogP contribution in [0, 0.1) is 5.82 Å². The van der Waals surface area contributed by atoms with E-state index in [-0.39, 0.29) is 42.3 Å². The van der Waals surface area contributed by atoms with Crippen LogP contribution in [0.1, 0.15) is 24.8 Å². The van der Waals surface area contributed by atoms with Crippen LogP contribution in [0.3, 0.4) is 0 Å². The molecule has 1 atom stereocenters. The first-order valence-corrected chi connectivity index (χ1v) is 13.5. The first-order valence-electron chi connectivity index (χ1n) is 11.8. The number of carbonyl (C=O) groups is 1. The van der Waals surface area contributed by atoms with Crippen molar-refractivity contribution in [2.24, 2.45) is 0 Å². The lowest BCUT2D eigenvalue weighted by molar-refractivity contribution is 0.116. The van der Waals surface area contributed by atoms with Crippen LogP contribution in [0.25, 0.3) is 22.4 Å². The topological polar surface area (TPSA) is 123 Å². The molecule has 4 aromatic rings. The Labute approximate surface area is 215 Å². The highest BCUT2D eigenvalue weighted by Crippen LogP contribution is 2.27. The summed E-state index contributed by atoms with van der Waals surface area (Å²) in [4.78, 5) is 14.4. The first kappa shape index (κ1) is 25.7. The molecule has 1 fully saturated rings. The van der Waals surface area contributed by atoms with E-state index in [0.29, 0.717) is 12.2 Å². The predicted molar refractivity (Wildman–Crippen MR) is 132 cm³/mol. The van der Waals surface area contributed by atoms with Crippen molar-refractivity contribution in [2.75, 3.05) is 24.2 Å². The smallest absolute Gasteiger partial charge is 0.321 e. The van der Waals surface area contributed by atoms with Crippen molar-refractivity contribution in [1.82, 2.24) is 24.9 Å². The van der Waals surface area contributed by atoms with Gasteiger partial charge in [-0.15, -0.1) is 10.2 Å². The molecule has 2 aromatic carbocycles. The van der Waals surface area contributed by atoms with Gasteiger partial charge in [-0.2, -0.15) is 13.9 Å². The van der Waals surface area contributed by atoms with E-state index in [1.165, 1.54) is 17.0 Å². The van der Waals surface area contributed by atoms with Gasteiger partial charge in [-0.05, 0) is 49.2 Å². The highest BCUT2D eigenvalue weighted by Gasteiger charge is 2.35. The fourth-order valence-corrected chi connectivity index (χ4v) is 6.01. The van der Waals surface area contributed by atoms with Crippen LogP contribution in [0.15, 0.2) is 47.0 Å². The molecule has 1 saturated heterocycles. The second kappa shape index (κ2) is 10.1. The van der Waals surface area contributed by atoms with Crippen LogP contribution in [-0.2, 0) is 22.8 Å². The molecule has 2 amide bonds. The number of alkyl halides is 2. The van der Waals surface area contributed by atoms with E-state index >= 15 is 0 Å². The molecule has 0 saturated carbocycles. The largest absolute Gasteiger partial charge is 0.415 e. The van der Waals surface area contributed by atoms with Gasteiger partial charge in [0.15, 0.2) is 9.84 Å². The molecule has 5 rings (SSSR count). The maximum Gasteiger partial charge on any atom is 0.321 e. The second-order valence-electron chi connectivity index (χ2n) is 8.86. The van der Waals surface area contributed by atoms with Crippen molar-refractivity contribution < 1.29 is 30.8 Å². The summed E-state index contributed by atoms with van der Waals surface area (Å²) in [5.74, 6) is -2.17. The normalized spacial score (nSPS) is 17.3. The quantitative estimate of drug-likeness (QED) is 0.386. The first-order chi connectivity index (χ1) is 18.1. The van der Waals surface area contributed by atoms with Crippen LogP contribution in [0.2, 0.25) is 0 Å². The van der Waals surface area contributed by atoms with Gasteiger partial charge in [0.1, 0.15) is 5.82 Å². The third-order valence-electron chi connectivity index (χ3n) is 6.44. The fourth-order valence-electron chi connectivity index (χ4n) is 4.36. The van der Waals surface area contributed by atoms with Gasteiger partial charge < -0.3 is 14.6 Å². The fraction of sp³-hybridized carbons (Fsp3) is 0.333. The zero-order valence-electron chi connectivity index (χ0n) is 20.1. The number of benzene rings is 2. The van der Waals surface area contributed by atoms with Gasteiger partial charge in [-0.1, -0.05) is 6.07 Å². The molecule has 1 unspecified atom stereocenters. The standard InChI is InChI=1S/C24H23F3N6O4S/c1-2-33-20-11-17(6-5-16(20)12-28-33)29-24(34)32-7-8-38(35,36)18(13-32)9-14-3-4-15(10-19(14)25)22-30-31-23(37-22)21(26)27/h3-6,10-12,18,21H,2,7-9,13H2,1H3,(H,29,34). The summed E-state index contributed by atoms with van der Waals surface area (Å²) >= 11 is 0. The number of urea groups is 1. The summed E-state index contributed by atoms with van der Waals surface area (Å²) in [5, 5.41) is 13.7. The number of nitrogens with one attached hydrogen (secondary N) is 1. The van der Waals surface area contributed by atoms with Gasteiger partial charge in [0.25, 0.3) is 5.89 Å². The number of rotatable bonds is 6. The summed E-state index contributed by atoms with van der Waals surface area (Å²) in [6.07, 6.45) is -1.40. The Balaban J connectivity index is 1.30. The Morgan fingerprint density at radius 2 is 2.03 bits per heavy atom. The maximum absolute atomic E-state index is 14.9. The third kappa shape index (κ3) is 5.08. The van der Waals surface area contributed by atoms with E-state index in [2.05, 4.69) is 20.6 Å². The van der Waals surface area contributed by atoms with E-state index in [4.69, 9.17) is 4.42 Å². The SMILES string of the molecule is CCn1ncc2ccc(NC(=O)N3CCS(=O)(=O)C(Cc4ccc(-c5nnc(C(F)F)o5)cc4F)C3)cc21. The zero-order valence-corrected chi connectivity index (χ0v) is 21.0. The van der Waals surface area contributed by atoms with Crippen LogP contribution >= 0.6 is 0 Å². The van der Waals surface area contributed by atoms with Gasteiger partial charge in [0.05, 0.1) is 22.7 Å². The number of hydrogen-bond donors (Lipinski definition) is 1. The van der Waals surface area contributed by atoms with E-state index in [0.717, 1.165) is 17.0 Å². The summed E-state index contributed by atoms with van der Waals surface area (Å²) in [7, 11) is -3.60. The van der Waals surface area contributed by atoms with E-state index in [1.807, 2.05) is 13.0 Å². The maximum atomic E-state index is 14.9. The Morgan fingerprint density at radius 3 is 2.74 bits per heavy atom. The second-order valence-corrected chi connectivity index (χ2v) is 11.3. The Morgan fingerprint density at radius 1 is 1.21 bits per heavy atom. The van der Waals surface area contributed by atoms with Gasteiger partial charge in [-0.3, -0.25) is 4.68 Å². The number of sulfone groups is 1. The van der Waals surface area contributed by atoms with E-state index in [1.54, 1.807) is 23.0 Å². The number of hydrogen-bond acceptors (Lipinski definition) is 7. The minimum Gasteiger partial charge on any atom is -0.415 e. The molecule has 0 spiro atoms. The van der Waals surface area contributed by atoms with Gasteiger partial charge in [-0.25, -0.2) is 17.6 Å². The Kier molecular flexibility index (Phi) is 6.82. The number of nitrogens with zero attached hydrogens (tertiary/aromatic N) is 5. The molecule has 38 heavy (non-hydrogen) atoms. The van der Waals surface area contributed by atoms with Crippen LogP contribution in [0.4, 0.5) is 23.7 Å². The number of fused-ring (bicyclic) bond motifs is 1. The van der Waals surface area contributed by atoms with Crippen molar-refractivity contribution in [3.05, 3.63) is 59.9 Å². The van der Waals surface area contributed by atoms with E-state index < -0.39 is 39.3 Å². The minimum atomic E-state index is -3.60. The lowest BCUT2D eigenvalue weighted by atomic mass is 10.1. The molecule has 10 nitrogen and oxygen atoms in total. The predicted octanol–water partition coefficient (Wildman–Crippen LogP) is 4.06. The molecule has 3 heterocycles. The molecule has 0 radical (unpaired) electrons. The number of anilines is 1. The summed E-state index contributed by atoms with van der Waals surface area (Å²) < 4.78 is 72.5. The number of aromatic nitrogens is 4. The highest BCUT2D eigenvalue weighted by molar-refractivity contribution is 7.92. The van der Waals surface area contributed by atoms with Crippen molar-refractivity contribution in [3.8, 4) is 11.5 Å². The van der Waals surface area contributed by atoms with Gasteiger partial charge in [0, 0.05) is 36.3 Å². The zero-order chi connectivity index (χ0) is 27.0. The number of carbonyl (C=O) groups excluding carboxylic acids is 1. The van der Waals surface area contributed by atoms with E-state index in [9.17, 15) is 26.4 Å². The number of aryl methyl sites for hydroxylation is 1. The average Bonchev–Trinajstić information content (AvgIpc) is 3.53. The van der Waals surface area contributed by atoms with Crippen molar-refractivity contribution >= 4 is 32.5 Å². The molecule has 0 aliphatic carbocycles. The van der Waals surface area contributed by atoms with Gasteiger partial charge >= 0.3 is 12.5 Å². The number of amides is 2.